The zero-order valence-electron chi connectivity index (χ0n) is 13.0. The molecule has 0 aromatic heterocycles. The predicted molar refractivity (Wildman–Crippen MR) is 77.3 cm³/mol. The number of urea groups is 1. The number of esters is 1. The highest BCUT2D eigenvalue weighted by atomic mass is 16.6. The van der Waals surface area contributed by atoms with E-state index in [-0.39, 0.29) is 10.8 Å². The molecule has 7 heteroatoms. The van der Waals surface area contributed by atoms with Crippen molar-refractivity contribution in [2.45, 2.75) is 58.2 Å². The van der Waals surface area contributed by atoms with E-state index >= 15 is 0 Å². The minimum Gasteiger partial charge on any atom is -0.431 e. The predicted octanol–water partition coefficient (Wildman–Crippen LogP) is 0.629. The second-order valence-corrected chi connectivity index (χ2v) is 7.37. The van der Waals surface area contributed by atoms with E-state index < -0.39 is 30.2 Å². The number of hydrogen-bond acceptors (Lipinski definition) is 5. The maximum absolute atomic E-state index is 12.1. The lowest BCUT2D eigenvalue weighted by atomic mass is 9.66. The van der Waals surface area contributed by atoms with Crippen LogP contribution in [-0.2, 0) is 14.3 Å². The third-order valence-electron chi connectivity index (χ3n) is 6.21. The molecule has 0 aromatic rings. The molecule has 2 bridgehead atoms. The van der Waals surface area contributed by atoms with Gasteiger partial charge in [0.15, 0.2) is 0 Å². The maximum atomic E-state index is 12.1. The van der Waals surface area contributed by atoms with Gasteiger partial charge in [-0.1, -0.05) is 13.8 Å². The van der Waals surface area contributed by atoms with Crippen molar-refractivity contribution in [2.24, 2.45) is 22.5 Å². The Hall–Kier alpha value is -1.63. The molecule has 0 radical (unpaired) electrons. The minimum atomic E-state index is -1.27. The van der Waals surface area contributed by atoms with Crippen molar-refractivity contribution in [3.63, 3.8) is 0 Å². The monoisotopic (exact) mass is 309 g/mol. The Kier molecular flexibility index (Phi) is 3.43. The van der Waals surface area contributed by atoms with Gasteiger partial charge in [-0.3, -0.25) is 20.2 Å². The third kappa shape index (κ3) is 2.18. The van der Waals surface area contributed by atoms with Crippen LogP contribution in [0.1, 0.15) is 46.0 Å². The van der Waals surface area contributed by atoms with E-state index in [9.17, 15) is 14.4 Å². The van der Waals surface area contributed by atoms with Crippen molar-refractivity contribution in [3.05, 3.63) is 0 Å². The summed E-state index contributed by atoms with van der Waals surface area (Å²) in [7, 11) is 0. The van der Waals surface area contributed by atoms with Crippen LogP contribution in [0.3, 0.4) is 0 Å². The van der Waals surface area contributed by atoms with Crippen molar-refractivity contribution in [1.29, 1.82) is 0 Å². The quantitative estimate of drug-likeness (QED) is 0.521. The molecule has 2 atom stereocenters. The van der Waals surface area contributed by atoms with E-state index in [4.69, 9.17) is 10.5 Å². The van der Waals surface area contributed by atoms with Crippen LogP contribution in [0, 0.1) is 16.7 Å². The average Bonchev–Trinajstić information content (AvgIpc) is 2.97. The van der Waals surface area contributed by atoms with Gasteiger partial charge < -0.3 is 10.5 Å². The van der Waals surface area contributed by atoms with Crippen LogP contribution >= 0.6 is 0 Å². The lowest BCUT2D eigenvalue weighted by Gasteiger charge is -2.39. The number of carbonyl (C=O) groups is 3. The summed E-state index contributed by atoms with van der Waals surface area (Å²) in [5, 5.41) is 4.25. The van der Waals surface area contributed by atoms with Gasteiger partial charge in [-0.05, 0) is 48.9 Å². The van der Waals surface area contributed by atoms with Gasteiger partial charge in [0.05, 0.1) is 0 Å². The summed E-state index contributed by atoms with van der Waals surface area (Å²) in [6.07, 6.45) is 3.86. The van der Waals surface area contributed by atoms with E-state index in [2.05, 4.69) is 19.2 Å². The van der Waals surface area contributed by atoms with E-state index in [1.54, 1.807) is 0 Å². The third-order valence-corrected chi connectivity index (χ3v) is 6.21. The second-order valence-electron chi connectivity index (χ2n) is 7.37. The first kappa shape index (κ1) is 15.3. The van der Waals surface area contributed by atoms with E-state index in [0.717, 1.165) is 12.8 Å². The average molecular weight is 309 g/mol. The fourth-order valence-electron chi connectivity index (χ4n) is 4.63. The van der Waals surface area contributed by atoms with Crippen molar-refractivity contribution in [1.82, 2.24) is 10.6 Å². The van der Waals surface area contributed by atoms with Crippen LogP contribution in [0.15, 0.2) is 0 Å². The molecule has 2 saturated carbocycles. The Bertz CT molecular complexity index is 523. The van der Waals surface area contributed by atoms with E-state index in [1.807, 2.05) is 5.32 Å². The van der Waals surface area contributed by atoms with Gasteiger partial charge in [0.1, 0.15) is 6.04 Å². The number of ether oxygens (including phenoxy) is 1. The summed E-state index contributed by atoms with van der Waals surface area (Å²) in [5.41, 5.74) is 6.30. The largest absolute Gasteiger partial charge is 0.431 e. The lowest BCUT2D eigenvalue weighted by molar-refractivity contribution is -0.157. The smallest absolute Gasteiger partial charge is 0.325 e. The number of hydrogen-bond donors (Lipinski definition) is 3. The van der Waals surface area contributed by atoms with Gasteiger partial charge in [-0.2, -0.15) is 0 Å². The molecule has 22 heavy (non-hydrogen) atoms. The van der Waals surface area contributed by atoms with Crippen LogP contribution in [-0.4, -0.2) is 30.2 Å². The van der Waals surface area contributed by atoms with Gasteiger partial charge in [0, 0.05) is 0 Å². The first-order valence-electron chi connectivity index (χ1n) is 7.83. The Labute approximate surface area is 129 Å². The number of carbonyl (C=O) groups excluding carboxylic acids is 3. The Morgan fingerprint density at radius 3 is 2.45 bits per heavy atom. The first-order chi connectivity index (χ1) is 10.2. The SMILES string of the molecule is CC1(C)C2CCC1(C[C@H](N)C(=O)OC1NC(=O)NC1=O)CC2. The normalized spacial score (nSPS) is 36.9. The highest BCUT2D eigenvalue weighted by Gasteiger charge is 2.59. The zero-order chi connectivity index (χ0) is 16.1. The molecule has 1 aliphatic heterocycles. The summed E-state index contributed by atoms with van der Waals surface area (Å²) in [4.78, 5) is 34.6. The van der Waals surface area contributed by atoms with Crippen molar-refractivity contribution in [2.75, 3.05) is 0 Å². The van der Waals surface area contributed by atoms with Crippen LogP contribution in [0.4, 0.5) is 4.79 Å². The summed E-state index contributed by atoms with van der Waals surface area (Å²) < 4.78 is 5.03. The number of nitrogens with one attached hydrogen (secondary N) is 2. The molecule has 3 amide bonds. The molecule has 7 nitrogen and oxygen atoms in total. The maximum Gasteiger partial charge on any atom is 0.325 e. The summed E-state index contributed by atoms with van der Waals surface area (Å²) in [6.45, 7) is 4.53. The van der Waals surface area contributed by atoms with Crippen molar-refractivity contribution < 1.29 is 19.1 Å². The Balaban J connectivity index is 1.62. The Morgan fingerprint density at radius 1 is 1.36 bits per heavy atom. The molecular weight excluding hydrogens is 286 g/mol. The van der Waals surface area contributed by atoms with Crippen LogP contribution in [0.2, 0.25) is 0 Å². The van der Waals surface area contributed by atoms with Gasteiger partial charge in [-0.25, -0.2) is 4.79 Å². The zero-order valence-corrected chi connectivity index (χ0v) is 13.0. The topological polar surface area (TPSA) is 111 Å². The van der Waals surface area contributed by atoms with Crippen LogP contribution in [0.25, 0.3) is 0 Å². The Morgan fingerprint density at radius 2 is 2.00 bits per heavy atom. The number of amides is 3. The highest BCUT2D eigenvalue weighted by Crippen LogP contribution is 2.67. The fraction of sp³-hybridized carbons (Fsp3) is 0.800. The standard InChI is InChI=1S/C15H23N3O4/c1-14(2)8-3-5-15(14,6-4-8)7-9(16)12(20)22-11-10(19)17-13(21)18-11/h8-9,11H,3-7,16H2,1-2H3,(H2,17,18,19,21)/t8?,9-,11?,15?/m0/s1. The molecule has 1 saturated heterocycles. The molecular formula is C15H23N3O4. The summed E-state index contributed by atoms with van der Waals surface area (Å²) in [5.74, 6) is -0.593. The molecule has 3 aliphatic rings. The van der Waals surface area contributed by atoms with E-state index in [0.29, 0.717) is 12.3 Å². The van der Waals surface area contributed by atoms with E-state index in [1.165, 1.54) is 12.8 Å². The van der Waals surface area contributed by atoms with Crippen LogP contribution in [0.5, 0.6) is 0 Å². The van der Waals surface area contributed by atoms with Crippen molar-refractivity contribution in [3.8, 4) is 0 Å². The molecule has 1 heterocycles. The lowest BCUT2D eigenvalue weighted by Crippen LogP contribution is -2.45. The number of fused-ring (bicyclic) bond motifs is 2. The highest BCUT2D eigenvalue weighted by molar-refractivity contribution is 6.04. The molecule has 0 spiro atoms. The van der Waals surface area contributed by atoms with Gasteiger partial charge in [-0.15, -0.1) is 0 Å². The van der Waals surface area contributed by atoms with Crippen LogP contribution < -0.4 is 16.4 Å². The number of rotatable bonds is 4. The second kappa shape index (κ2) is 4.94. The molecule has 3 fully saturated rings. The molecule has 4 N–H and O–H groups in total. The molecule has 0 aromatic carbocycles. The molecule has 3 rings (SSSR count). The van der Waals surface area contributed by atoms with Gasteiger partial charge >= 0.3 is 12.0 Å². The van der Waals surface area contributed by atoms with Gasteiger partial charge in [0.2, 0.25) is 0 Å². The summed E-state index contributed by atoms with van der Waals surface area (Å²) >= 11 is 0. The van der Waals surface area contributed by atoms with Crippen molar-refractivity contribution >= 4 is 17.9 Å². The van der Waals surface area contributed by atoms with Gasteiger partial charge in [0.25, 0.3) is 12.1 Å². The molecule has 2 aliphatic carbocycles. The molecule has 1 unspecified atom stereocenters. The number of nitrogens with two attached hydrogens (primary N) is 1. The number of imide groups is 1. The summed E-state index contributed by atoms with van der Waals surface area (Å²) in [6, 6.07) is -1.44. The minimum absolute atomic E-state index is 0.0806. The molecule has 122 valence electrons. The first-order valence-corrected chi connectivity index (χ1v) is 7.83. The fourth-order valence-corrected chi connectivity index (χ4v) is 4.63.